The van der Waals surface area contributed by atoms with Gasteiger partial charge >= 0.3 is 0 Å². The van der Waals surface area contributed by atoms with E-state index >= 15 is 0 Å². The molecule has 80 valence electrons. The van der Waals surface area contributed by atoms with Crippen molar-refractivity contribution in [2.24, 2.45) is 5.92 Å². The molecule has 0 N–H and O–H groups in total. The van der Waals surface area contributed by atoms with Crippen molar-refractivity contribution in [2.75, 3.05) is 0 Å². The van der Waals surface area contributed by atoms with E-state index in [0.717, 1.165) is 12.8 Å². The molecule has 0 saturated heterocycles. The van der Waals surface area contributed by atoms with Crippen molar-refractivity contribution < 1.29 is 13.6 Å². The Morgan fingerprint density at radius 3 is 2.47 bits per heavy atom. The second kappa shape index (κ2) is 4.09. The molecule has 1 atom stereocenters. The number of hydrogen-bond donors (Lipinski definition) is 0. The third kappa shape index (κ3) is 2.06. The van der Waals surface area contributed by atoms with Crippen molar-refractivity contribution in [1.82, 2.24) is 0 Å². The minimum absolute atomic E-state index is 0.0612. The molecule has 1 fully saturated rings. The van der Waals surface area contributed by atoms with Crippen molar-refractivity contribution in [3.8, 4) is 0 Å². The lowest BCUT2D eigenvalue weighted by Crippen LogP contribution is -2.13. The summed E-state index contributed by atoms with van der Waals surface area (Å²) in [5, 5.41) is 0. The summed E-state index contributed by atoms with van der Waals surface area (Å²) < 4.78 is 25.8. The van der Waals surface area contributed by atoms with Gasteiger partial charge in [-0.15, -0.1) is 0 Å². The summed E-state index contributed by atoms with van der Waals surface area (Å²) in [5.41, 5.74) is 0.903. The number of benzene rings is 1. The second-order valence-corrected chi connectivity index (χ2v) is 3.94. The zero-order valence-electron chi connectivity index (χ0n) is 8.20. The number of alkyl halides is 2. The number of halogens is 2. The van der Waals surface area contributed by atoms with E-state index in [1.807, 2.05) is 0 Å². The van der Waals surface area contributed by atoms with Crippen LogP contribution in [0.3, 0.4) is 0 Å². The van der Waals surface area contributed by atoms with E-state index in [0.29, 0.717) is 17.4 Å². The van der Waals surface area contributed by atoms with Crippen molar-refractivity contribution in [1.29, 1.82) is 0 Å². The standard InChI is InChI=1S/C12H12F2O/c13-12(14)11(8-5-6-8)10-4-2-1-3-9(10)7-15/h1-4,7-8,11-12H,5-6H2. The molecule has 15 heavy (non-hydrogen) atoms. The van der Waals surface area contributed by atoms with Gasteiger partial charge < -0.3 is 0 Å². The van der Waals surface area contributed by atoms with E-state index in [-0.39, 0.29) is 5.92 Å². The van der Waals surface area contributed by atoms with Crippen molar-refractivity contribution in [2.45, 2.75) is 25.2 Å². The average Bonchev–Trinajstić information content (AvgIpc) is 3.03. The molecule has 0 heterocycles. The zero-order valence-corrected chi connectivity index (χ0v) is 8.20. The predicted molar refractivity (Wildman–Crippen MR) is 53.3 cm³/mol. The topological polar surface area (TPSA) is 17.1 Å². The summed E-state index contributed by atoms with van der Waals surface area (Å²) in [6, 6.07) is 6.64. The summed E-state index contributed by atoms with van der Waals surface area (Å²) in [5.74, 6) is -0.697. The van der Waals surface area contributed by atoms with Crippen molar-refractivity contribution >= 4 is 6.29 Å². The van der Waals surface area contributed by atoms with Crippen LogP contribution in [0.5, 0.6) is 0 Å². The third-order valence-corrected chi connectivity index (χ3v) is 2.88. The first kappa shape index (κ1) is 10.3. The van der Waals surface area contributed by atoms with E-state index in [1.54, 1.807) is 24.3 Å². The Bertz CT molecular complexity index is 356. The number of carbonyl (C=O) groups excluding carboxylic acids is 1. The van der Waals surface area contributed by atoms with Crippen LogP contribution in [0.15, 0.2) is 24.3 Å². The van der Waals surface area contributed by atoms with Crippen LogP contribution in [0.25, 0.3) is 0 Å². The molecule has 1 aromatic carbocycles. The number of aldehydes is 1. The Morgan fingerprint density at radius 1 is 1.27 bits per heavy atom. The predicted octanol–water partition coefficient (Wildman–Crippen LogP) is 3.26. The van der Waals surface area contributed by atoms with Crippen LogP contribution in [-0.4, -0.2) is 12.7 Å². The lowest BCUT2D eigenvalue weighted by atomic mass is 9.91. The molecule has 0 spiro atoms. The molecular weight excluding hydrogens is 198 g/mol. The van der Waals surface area contributed by atoms with Crippen LogP contribution < -0.4 is 0 Å². The molecule has 0 aliphatic heterocycles. The number of hydrogen-bond acceptors (Lipinski definition) is 1. The molecule has 0 aromatic heterocycles. The molecule has 1 aliphatic carbocycles. The quantitative estimate of drug-likeness (QED) is 0.697. The van der Waals surface area contributed by atoms with Gasteiger partial charge in [0.05, 0.1) is 0 Å². The molecule has 1 saturated carbocycles. The van der Waals surface area contributed by atoms with E-state index in [2.05, 4.69) is 0 Å². The highest BCUT2D eigenvalue weighted by Crippen LogP contribution is 2.46. The summed E-state index contributed by atoms with van der Waals surface area (Å²) in [6.45, 7) is 0. The van der Waals surface area contributed by atoms with Crippen molar-refractivity contribution in [3.05, 3.63) is 35.4 Å². The minimum atomic E-state index is -2.38. The molecule has 1 unspecified atom stereocenters. The zero-order chi connectivity index (χ0) is 10.8. The van der Waals surface area contributed by atoms with E-state index in [4.69, 9.17) is 0 Å². The van der Waals surface area contributed by atoms with Crippen LogP contribution in [0.1, 0.15) is 34.7 Å². The van der Waals surface area contributed by atoms with Crippen molar-refractivity contribution in [3.63, 3.8) is 0 Å². The summed E-state index contributed by atoms with van der Waals surface area (Å²) in [4.78, 5) is 10.8. The molecule has 3 heteroatoms. The Labute approximate surface area is 87.1 Å². The highest BCUT2D eigenvalue weighted by molar-refractivity contribution is 5.77. The Balaban J connectivity index is 2.36. The van der Waals surface area contributed by atoms with Gasteiger partial charge in [0.15, 0.2) is 0 Å². The first-order valence-corrected chi connectivity index (χ1v) is 5.06. The van der Waals surface area contributed by atoms with Gasteiger partial charge in [0, 0.05) is 11.5 Å². The van der Waals surface area contributed by atoms with Gasteiger partial charge in [-0.1, -0.05) is 24.3 Å². The highest BCUT2D eigenvalue weighted by Gasteiger charge is 2.39. The van der Waals surface area contributed by atoms with Gasteiger partial charge in [0.25, 0.3) is 0 Å². The highest BCUT2D eigenvalue weighted by atomic mass is 19.3. The average molecular weight is 210 g/mol. The maximum absolute atomic E-state index is 12.9. The molecule has 0 bridgehead atoms. The monoisotopic (exact) mass is 210 g/mol. The first-order valence-electron chi connectivity index (χ1n) is 5.06. The van der Waals surface area contributed by atoms with Gasteiger partial charge in [-0.3, -0.25) is 4.79 Å². The number of carbonyl (C=O) groups is 1. The Morgan fingerprint density at radius 2 is 1.93 bits per heavy atom. The van der Waals surface area contributed by atoms with Gasteiger partial charge in [-0.05, 0) is 24.3 Å². The van der Waals surface area contributed by atoms with Gasteiger partial charge in [-0.25, -0.2) is 8.78 Å². The fraction of sp³-hybridized carbons (Fsp3) is 0.417. The summed E-state index contributed by atoms with van der Waals surface area (Å²) in [6.07, 6.45) is -0.0177. The molecule has 1 nitrogen and oxygen atoms in total. The Hall–Kier alpha value is -1.25. The summed E-state index contributed by atoms with van der Waals surface area (Å²) in [7, 11) is 0. The fourth-order valence-electron chi connectivity index (χ4n) is 1.97. The summed E-state index contributed by atoms with van der Waals surface area (Å²) >= 11 is 0. The molecule has 0 amide bonds. The fourth-order valence-corrected chi connectivity index (χ4v) is 1.97. The molecular formula is C12H12F2O. The minimum Gasteiger partial charge on any atom is -0.298 e. The lowest BCUT2D eigenvalue weighted by Gasteiger charge is -2.17. The normalized spacial score (nSPS) is 17.8. The van der Waals surface area contributed by atoms with Crippen LogP contribution in [0.2, 0.25) is 0 Å². The molecule has 1 aromatic rings. The van der Waals surface area contributed by atoms with Crippen LogP contribution >= 0.6 is 0 Å². The smallest absolute Gasteiger partial charge is 0.245 e. The number of rotatable bonds is 4. The maximum atomic E-state index is 12.9. The van der Waals surface area contributed by atoms with E-state index in [1.165, 1.54) is 0 Å². The maximum Gasteiger partial charge on any atom is 0.245 e. The van der Waals surface area contributed by atoms with E-state index < -0.39 is 12.3 Å². The third-order valence-electron chi connectivity index (χ3n) is 2.88. The largest absolute Gasteiger partial charge is 0.298 e. The second-order valence-electron chi connectivity index (χ2n) is 3.94. The van der Waals surface area contributed by atoms with Gasteiger partial charge in [0.1, 0.15) is 6.29 Å². The van der Waals surface area contributed by atoms with Crippen LogP contribution in [0, 0.1) is 5.92 Å². The van der Waals surface area contributed by atoms with Crippen LogP contribution in [0.4, 0.5) is 8.78 Å². The Kier molecular flexibility index (Phi) is 2.80. The molecule has 0 radical (unpaired) electrons. The van der Waals surface area contributed by atoms with Gasteiger partial charge in [0.2, 0.25) is 6.43 Å². The molecule has 1 aliphatic rings. The lowest BCUT2D eigenvalue weighted by molar-refractivity contribution is 0.103. The molecule has 2 rings (SSSR count). The van der Waals surface area contributed by atoms with Gasteiger partial charge in [-0.2, -0.15) is 0 Å². The first-order chi connectivity index (χ1) is 7.24. The van der Waals surface area contributed by atoms with Crippen LogP contribution in [-0.2, 0) is 0 Å². The SMILES string of the molecule is O=Cc1ccccc1C(C(F)F)C1CC1. The van der Waals surface area contributed by atoms with E-state index in [9.17, 15) is 13.6 Å².